The highest BCUT2D eigenvalue weighted by Gasteiger charge is 2.32. The number of benzene rings is 1. The Morgan fingerprint density at radius 2 is 1.13 bits per heavy atom. The molecule has 3 rings (SSSR count). The molecule has 0 radical (unpaired) electrons. The van der Waals surface area contributed by atoms with Gasteiger partial charge in [-0.15, -0.1) is 0 Å². The molecule has 0 aliphatic carbocycles. The van der Waals surface area contributed by atoms with E-state index in [0.717, 1.165) is 0 Å². The molecule has 0 unspecified atom stereocenters. The Bertz CT molecular complexity index is 745. The van der Waals surface area contributed by atoms with E-state index in [0.29, 0.717) is 37.1 Å². The fourth-order valence-electron chi connectivity index (χ4n) is 3.65. The van der Waals surface area contributed by atoms with E-state index in [1.54, 1.807) is 24.3 Å². The highest BCUT2D eigenvalue weighted by atomic mass is 16.5. The molecule has 162 valence electrons. The quantitative estimate of drug-likeness (QED) is 0.430. The topological polar surface area (TPSA) is 135 Å². The van der Waals surface area contributed by atoms with Gasteiger partial charge in [0.15, 0.2) is 0 Å². The van der Waals surface area contributed by atoms with E-state index in [1.807, 2.05) is 0 Å². The molecule has 0 bridgehead atoms. The number of amides is 2. The van der Waals surface area contributed by atoms with Crippen LogP contribution in [-0.4, -0.2) is 75.2 Å². The van der Waals surface area contributed by atoms with E-state index in [9.17, 15) is 19.2 Å². The first kappa shape index (κ1) is 21.7. The molecule has 30 heavy (non-hydrogen) atoms. The molecule has 2 heterocycles. The fraction of sp³-hybridized carbons (Fsp3) is 0.500. The second-order valence-corrected chi connectivity index (χ2v) is 7.36. The second-order valence-electron chi connectivity index (χ2n) is 7.36. The summed E-state index contributed by atoms with van der Waals surface area (Å²) in [4.78, 5) is 47.9. The Hall–Kier alpha value is -2.98. The summed E-state index contributed by atoms with van der Waals surface area (Å²) in [6.07, 6.45) is 0.918. The van der Waals surface area contributed by atoms with Crippen molar-refractivity contribution in [3.05, 3.63) is 35.4 Å². The molecule has 10 nitrogen and oxygen atoms in total. The van der Waals surface area contributed by atoms with Crippen LogP contribution in [0.25, 0.3) is 0 Å². The predicted octanol–water partition coefficient (Wildman–Crippen LogP) is -1.05. The van der Waals surface area contributed by atoms with E-state index >= 15 is 0 Å². The third-order valence-electron chi connectivity index (χ3n) is 5.31. The molecule has 2 saturated heterocycles. The van der Waals surface area contributed by atoms with E-state index in [-0.39, 0.29) is 35.8 Å². The standard InChI is InChI=1S/C20H26N4O6/c1-29-19(27)15-7-13(9-21-15)23-17(25)11-3-5-12(6-4-11)18(26)24-14-8-16(22-10-14)20(28)30-2/h3-6,13-16,21-22H,7-10H2,1-2H3,(H,23,25)(H,24,26)/t13-,14-,15-,16-/m0/s1. The maximum atomic E-state index is 12.4. The first-order valence-corrected chi connectivity index (χ1v) is 9.75. The molecular weight excluding hydrogens is 392 g/mol. The highest BCUT2D eigenvalue weighted by Crippen LogP contribution is 2.12. The van der Waals surface area contributed by atoms with Gasteiger partial charge in [-0.2, -0.15) is 0 Å². The lowest BCUT2D eigenvalue weighted by Gasteiger charge is -2.13. The van der Waals surface area contributed by atoms with Gasteiger partial charge < -0.3 is 30.7 Å². The number of methoxy groups -OCH3 is 2. The molecule has 1 aromatic rings. The normalized spacial score (nSPS) is 25.4. The van der Waals surface area contributed by atoms with E-state index < -0.39 is 12.1 Å². The van der Waals surface area contributed by atoms with E-state index in [2.05, 4.69) is 21.3 Å². The lowest BCUT2D eigenvalue weighted by molar-refractivity contribution is -0.143. The average Bonchev–Trinajstić information content (AvgIpc) is 3.42. The molecule has 0 saturated carbocycles. The van der Waals surface area contributed by atoms with Gasteiger partial charge in [-0.05, 0) is 37.1 Å². The van der Waals surface area contributed by atoms with Crippen molar-refractivity contribution in [3.8, 4) is 0 Å². The van der Waals surface area contributed by atoms with Gasteiger partial charge in [0.05, 0.1) is 14.2 Å². The van der Waals surface area contributed by atoms with Crippen molar-refractivity contribution in [2.45, 2.75) is 37.0 Å². The number of carbonyl (C=O) groups is 4. The summed E-state index contributed by atoms with van der Waals surface area (Å²) < 4.78 is 9.40. The summed E-state index contributed by atoms with van der Waals surface area (Å²) in [6.45, 7) is 0.960. The maximum Gasteiger partial charge on any atom is 0.322 e. The Balaban J connectivity index is 1.50. The number of hydrogen-bond acceptors (Lipinski definition) is 8. The second kappa shape index (κ2) is 9.68. The number of rotatable bonds is 6. The minimum atomic E-state index is -0.421. The zero-order valence-corrected chi connectivity index (χ0v) is 16.9. The molecule has 0 aromatic heterocycles. The van der Waals surface area contributed by atoms with Crippen LogP contribution in [0.3, 0.4) is 0 Å². The van der Waals surface area contributed by atoms with Crippen molar-refractivity contribution in [1.29, 1.82) is 0 Å². The molecule has 1 aromatic carbocycles. The van der Waals surface area contributed by atoms with Crippen LogP contribution in [0, 0.1) is 0 Å². The summed E-state index contributed by atoms with van der Waals surface area (Å²) in [7, 11) is 2.66. The van der Waals surface area contributed by atoms with Crippen LogP contribution < -0.4 is 21.3 Å². The molecule has 2 aliphatic heterocycles. The zero-order chi connectivity index (χ0) is 21.7. The minimum Gasteiger partial charge on any atom is -0.468 e. The molecule has 4 atom stereocenters. The van der Waals surface area contributed by atoms with Crippen molar-refractivity contribution in [2.75, 3.05) is 27.3 Å². The number of hydrogen-bond donors (Lipinski definition) is 4. The van der Waals surface area contributed by atoms with Crippen molar-refractivity contribution >= 4 is 23.8 Å². The Labute approximate surface area is 174 Å². The van der Waals surface area contributed by atoms with Crippen LogP contribution in [0.4, 0.5) is 0 Å². The van der Waals surface area contributed by atoms with Crippen molar-refractivity contribution in [1.82, 2.24) is 21.3 Å². The lowest BCUT2D eigenvalue weighted by atomic mass is 10.1. The largest absolute Gasteiger partial charge is 0.468 e. The molecular formula is C20H26N4O6. The minimum absolute atomic E-state index is 0.179. The lowest BCUT2D eigenvalue weighted by Crippen LogP contribution is -2.37. The molecule has 2 fully saturated rings. The van der Waals surface area contributed by atoms with Gasteiger partial charge in [0.1, 0.15) is 12.1 Å². The smallest absolute Gasteiger partial charge is 0.322 e. The third-order valence-corrected chi connectivity index (χ3v) is 5.31. The summed E-state index contributed by atoms with van der Waals surface area (Å²) in [5.74, 6) is -1.25. The molecule has 10 heteroatoms. The summed E-state index contributed by atoms with van der Waals surface area (Å²) in [5, 5.41) is 11.8. The Morgan fingerprint density at radius 1 is 0.767 bits per heavy atom. The van der Waals surface area contributed by atoms with E-state index in [1.165, 1.54) is 14.2 Å². The zero-order valence-electron chi connectivity index (χ0n) is 16.9. The van der Waals surface area contributed by atoms with Crippen molar-refractivity contribution < 1.29 is 28.7 Å². The highest BCUT2D eigenvalue weighted by molar-refractivity contribution is 5.98. The average molecular weight is 418 g/mol. The van der Waals surface area contributed by atoms with Crippen LogP contribution in [0.5, 0.6) is 0 Å². The van der Waals surface area contributed by atoms with Gasteiger partial charge in [-0.25, -0.2) is 0 Å². The van der Waals surface area contributed by atoms with Gasteiger partial charge in [-0.1, -0.05) is 0 Å². The van der Waals surface area contributed by atoms with Crippen LogP contribution in [0.15, 0.2) is 24.3 Å². The van der Waals surface area contributed by atoms with Gasteiger partial charge in [0.2, 0.25) is 0 Å². The van der Waals surface area contributed by atoms with Crippen LogP contribution >= 0.6 is 0 Å². The molecule has 4 N–H and O–H groups in total. The van der Waals surface area contributed by atoms with Gasteiger partial charge in [0.25, 0.3) is 11.8 Å². The third kappa shape index (κ3) is 5.14. The monoisotopic (exact) mass is 418 g/mol. The van der Waals surface area contributed by atoms with Crippen LogP contribution in [0.2, 0.25) is 0 Å². The summed E-state index contributed by atoms with van der Waals surface area (Å²) in [6, 6.07) is 5.11. The molecule has 2 aliphatic rings. The number of carbonyl (C=O) groups excluding carboxylic acids is 4. The Morgan fingerprint density at radius 3 is 1.47 bits per heavy atom. The molecule has 0 spiro atoms. The number of nitrogens with one attached hydrogen (secondary N) is 4. The van der Waals surface area contributed by atoms with Crippen molar-refractivity contribution in [3.63, 3.8) is 0 Å². The summed E-state index contributed by atoms with van der Waals surface area (Å²) in [5.41, 5.74) is 0.836. The van der Waals surface area contributed by atoms with Gasteiger partial charge in [0, 0.05) is 36.3 Å². The first-order chi connectivity index (χ1) is 14.4. The van der Waals surface area contributed by atoms with Crippen LogP contribution in [-0.2, 0) is 19.1 Å². The first-order valence-electron chi connectivity index (χ1n) is 9.75. The SMILES string of the molecule is COC(=O)[C@@H]1C[C@H](NC(=O)c2ccc(C(=O)N[C@@H]3CN[C@H](C(=O)OC)C3)cc2)CN1. The van der Waals surface area contributed by atoms with E-state index in [4.69, 9.17) is 9.47 Å². The van der Waals surface area contributed by atoms with Gasteiger partial charge >= 0.3 is 11.9 Å². The molecule has 2 amide bonds. The van der Waals surface area contributed by atoms with Gasteiger partial charge in [-0.3, -0.25) is 19.2 Å². The predicted molar refractivity (Wildman–Crippen MR) is 106 cm³/mol. The van der Waals surface area contributed by atoms with Crippen molar-refractivity contribution in [2.24, 2.45) is 0 Å². The fourth-order valence-corrected chi connectivity index (χ4v) is 3.65. The maximum absolute atomic E-state index is 12.4. The Kier molecular flexibility index (Phi) is 7.01. The van der Waals surface area contributed by atoms with Crippen LogP contribution in [0.1, 0.15) is 33.6 Å². The summed E-state index contributed by atoms with van der Waals surface area (Å²) >= 11 is 0. The number of esters is 2. The number of ether oxygens (including phenoxy) is 2.